The quantitative estimate of drug-likeness (QED) is 0.698. The van der Waals surface area contributed by atoms with E-state index in [9.17, 15) is 27.6 Å². The van der Waals surface area contributed by atoms with Crippen molar-refractivity contribution >= 4 is 18.2 Å². The van der Waals surface area contributed by atoms with Gasteiger partial charge >= 0.3 is 24.3 Å². The number of alkyl carbamates (subject to hydrolysis) is 2. The molecule has 1 atom stereocenters. The maximum atomic E-state index is 13.4. The summed E-state index contributed by atoms with van der Waals surface area (Å²) in [5.41, 5.74) is -5.95. The molecule has 25 heavy (non-hydrogen) atoms. The zero-order valence-electron chi connectivity index (χ0n) is 14.8. The largest absolute Gasteiger partial charge is 0.479 e. The van der Waals surface area contributed by atoms with E-state index in [1.54, 1.807) is 5.32 Å². The van der Waals surface area contributed by atoms with Crippen molar-refractivity contribution in [1.82, 2.24) is 10.6 Å². The highest BCUT2D eigenvalue weighted by Crippen LogP contribution is 2.31. The number of alkyl halides is 3. The third kappa shape index (κ3) is 7.48. The predicted octanol–water partition coefficient (Wildman–Crippen LogP) is 2.42. The second-order valence-corrected chi connectivity index (χ2v) is 7.19. The zero-order chi connectivity index (χ0) is 20.3. The number of rotatable bonds is 4. The number of ether oxygens (including phenoxy) is 2. The Labute approximate surface area is 143 Å². The minimum absolute atomic E-state index is 1.01. The van der Waals surface area contributed by atoms with Crippen LogP contribution < -0.4 is 10.6 Å². The lowest BCUT2D eigenvalue weighted by atomic mass is 9.99. The summed E-state index contributed by atoms with van der Waals surface area (Å²) in [6.07, 6.45) is -8.29. The molecular formula is C14H23F3N2O6. The maximum absolute atomic E-state index is 13.4. The topological polar surface area (TPSA) is 114 Å². The second-order valence-electron chi connectivity index (χ2n) is 7.19. The molecule has 0 aliphatic rings. The molecule has 0 aromatic carbocycles. The Hall–Kier alpha value is -2.20. The fourth-order valence-corrected chi connectivity index (χ4v) is 1.46. The lowest BCUT2D eigenvalue weighted by Crippen LogP contribution is -2.69. The Balaban J connectivity index is 5.45. The number of carbonyl (C=O) groups excluding carboxylic acids is 2. The predicted molar refractivity (Wildman–Crippen MR) is 80.0 cm³/mol. The average Bonchev–Trinajstić information content (AvgIpc) is 2.27. The molecule has 0 fully saturated rings. The molecule has 0 aliphatic heterocycles. The van der Waals surface area contributed by atoms with Gasteiger partial charge in [0.1, 0.15) is 11.2 Å². The number of hydrogen-bond acceptors (Lipinski definition) is 5. The highest BCUT2D eigenvalue weighted by atomic mass is 19.4. The van der Waals surface area contributed by atoms with E-state index in [1.807, 2.05) is 0 Å². The third-order valence-corrected chi connectivity index (χ3v) is 2.46. The number of nitrogens with one attached hydrogen (secondary N) is 2. The van der Waals surface area contributed by atoms with Crippen molar-refractivity contribution in [1.29, 1.82) is 0 Å². The summed E-state index contributed by atoms with van der Waals surface area (Å²) >= 11 is 0. The summed E-state index contributed by atoms with van der Waals surface area (Å²) in [6.45, 7) is 7.10. The van der Waals surface area contributed by atoms with Crippen LogP contribution in [-0.2, 0) is 14.3 Å². The Bertz CT molecular complexity index is 522. The van der Waals surface area contributed by atoms with Crippen molar-refractivity contribution in [3.8, 4) is 0 Å². The molecule has 8 nitrogen and oxygen atoms in total. The minimum Gasteiger partial charge on any atom is -0.479 e. The Kier molecular flexibility index (Phi) is 6.71. The number of amides is 2. The first-order chi connectivity index (χ1) is 10.9. The van der Waals surface area contributed by atoms with Gasteiger partial charge in [0.2, 0.25) is 0 Å². The Morgan fingerprint density at radius 1 is 0.880 bits per heavy atom. The van der Waals surface area contributed by atoms with Crippen LogP contribution in [-0.4, -0.2) is 52.7 Å². The fourth-order valence-electron chi connectivity index (χ4n) is 1.46. The molecule has 0 saturated heterocycles. The number of carboxylic acid groups (broad SMARTS) is 1. The molecule has 0 spiro atoms. The summed E-state index contributed by atoms with van der Waals surface area (Å²) < 4.78 is 49.5. The van der Waals surface area contributed by atoms with Crippen molar-refractivity contribution in [3.05, 3.63) is 0 Å². The van der Waals surface area contributed by atoms with Crippen LogP contribution >= 0.6 is 0 Å². The number of halogens is 3. The van der Waals surface area contributed by atoms with Gasteiger partial charge in [-0.2, -0.15) is 13.2 Å². The molecule has 2 amide bonds. The fraction of sp³-hybridized carbons (Fsp3) is 0.786. The van der Waals surface area contributed by atoms with Crippen LogP contribution in [0.4, 0.5) is 22.8 Å². The first-order valence-electron chi connectivity index (χ1n) is 7.18. The van der Waals surface area contributed by atoms with Crippen LogP contribution in [0.15, 0.2) is 0 Å². The monoisotopic (exact) mass is 372 g/mol. The van der Waals surface area contributed by atoms with Gasteiger partial charge in [0, 0.05) is 0 Å². The van der Waals surface area contributed by atoms with Crippen LogP contribution in [0, 0.1) is 0 Å². The molecule has 0 aromatic heterocycles. The van der Waals surface area contributed by atoms with Gasteiger partial charge in [0.15, 0.2) is 0 Å². The van der Waals surface area contributed by atoms with Crippen LogP contribution in [0.3, 0.4) is 0 Å². The smallest absolute Gasteiger partial charge is 0.424 e. The van der Waals surface area contributed by atoms with Crippen LogP contribution in [0.2, 0.25) is 0 Å². The molecule has 0 unspecified atom stereocenters. The summed E-state index contributed by atoms with van der Waals surface area (Å²) in [4.78, 5) is 34.5. The third-order valence-electron chi connectivity index (χ3n) is 2.46. The highest BCUT2D eigenvalue weighted by Gasteiger charge is 2.63. The molecule has 0 rings (SSSR count). The van der Waals surface area contributed by atoms with E-state index in [4.69, 9.17) is 9.84 Å². The highest BCUT2D eigenvalue weighted by molar-refractivity contribution is 5.86. The lowest BCUT2D eigenvalue weighted by molar-refractivity contribution is -0.207. The molecule has 0 saturated carbocycles. The minimum atomic E-state index is -5.43. The van der Waals surface area contributed by atoms with Crippen molar-refractivity contribution in [2.24, 2.45) is 0 Å². The summed E-state index contributed by atoms with van der Waals surface area (Å²) in [5, 5.41) is 12.1. The number of carbonyl (C=O) groups is 3. The van der Waals surface area contributed by atoms with Crippen LogP contribution in [0.5, 0.6) is 0 Å². The van der Waals surface area contributed by atoms with E-state index in [2.05, 4.69) is 4.74 Å². The lowest BCUT2D eigenvalue weighted by Gasteiger charge is -2.33. The average molecular weight is 372 g/mol. The first-order valence-corrected chi connectivity index (χ1v) is 7.18. The summed E-state index contributed by atoms with van der Waals surface area (Å²) in [6, 6.07) is 0. The molecule has 3 N–H and O–H groups in total. The Morgan fingerprint density at radius 2 is 1.28 bits per heavy atom. The van der Waals surface area contributed by atoms with Crippen molar-refractivity contribution in [2.75, 3.05) is 6.54 Å². The molecular weight excluding hydrogens is 349 g/mol. The maximum Gasteiger partial charge on any atom is 0.424 e. The van der Waals surface area contributed by atoms with E-state index in [-0.39, 0.29) is 0 Å². The normalized spacial score (nSPS) is 14.9. The van der Waals surface area contributed by atoms with Gasteiger partial charge in [-0.3, -0.25) is 5.32 Å². The summed E-state index contributed by atoms with van der Waals surface area (Å²) in [7, 11) is 0. The van der Waals surface area contributed by atoms with E-state index < -0.39 is 47.6 Å². The molecule has 0 heterocycles. The van der Waals surface area contributed by atoms with E-state index >= 15 is 0 Å². The summed E-state index contributed by atoms with van der Waals surface area (Å²) in [5.74, 6) is -2.41. The van der Waals surface area contributed by atoms with E-state index in [1.165, 1.54) is 46.9 Å². The van der Waals surface area contributed by atoms with Crippen molar-refractivity contribution < 1.29 is 42.1 Å². The van der Waals surface area contributed by atoms with Gasteiger partial charge in [0.25, 0.3) is 5.54 Å². The molecule has 0 aliphatic carbocycles. The van der Waals surface area contributed by atoms with Gasteiger partial charge in [-0.25, -0.2) is 14.4 Å². The van der Waals surface area contributed by atoms with Crippen molar-refractivity contribution in [2.45, 2.75) is 64.5 Å². The van der Waals surface area contributed by atoms with Crippen LogP contribution in [0.1, 0.15) is 41.5 Å². The van der Waals surface area contributed by atoms with Crippen LogP contribution in [0.25, 0.3) is 0 Å². The first kappa shape index (κ1) is 22.8. The van der Waals surface area contributed by atoms with Gasteiger partial charge in [0.05, 0.1) is 6.54 Å². The standard InChI is InChI=1S/C14H23F3N2O6/c1-11(2,3)24-9(22)18-7-13(8(20)21,14(15,16)17)19-10(23)25-12(4,5)6/h7H2,1-6H3,(H,18,22)(H,19,23)(H,20,21)/t13-/m1/s1. The molecule has 11 heteroatoms. The SMILES string of the molecule is CC(C)(C)OC(=O)NC[C@@](NC(=O)OC(C)(C)C)(C(=O)O)C(F)(F)F. The number of hydrogen-bond donors (Lipinski definition) is 3. The Morgan fingerprint density at radius 3 is 1.60 bits per heavy atom. The van der Waals surface area contributed by atoms with Gasteiger partial charge in [-0.05, 0) is 41.5 Å². The number of aliphatic carboxylic acids is 1. The molecule has 0 radical (unpaired) electrons. The van der Waals surface area contributed by atoms with Crippen molar-refractivity contribution in [3.63, 3.8) is 0 Å². The second kappa shape index (κ2) is 7.36. The van der Waals surface area contributed by atoms with E-state index in [0.29, 0.717) is 0 Å². The molecule has 0 aromatic rings. The molecule has 146 valence electrons. The van der Waals surface area contributed by atoms with E-state index in [0.717, 1.165) is 0 Å². The molecule has 0 bridgehead atoms. The van der Waals surface area contributed by atoms with Gasteiger partial charge < -0.3 is 19.9 Å². The van der Waals surface area contributed by atoms with Gasteiger partial charge in [-0.15, -0.1) is 0 Å². The van der Waals surface area contributed by atoms with Gasteiger partial charge in [-0.1, -0.05) is 0 Å². The number of carboxylic acids is 1. The zero-order valence-corrected chi connectivity index (χ0v) is 14.8.